The van der Waals surface area contributed by atoms with Crippen LogP contribution in [0, 0.1) is 5.92 Å². The Bertz CT molecular complexity index is 866. The molecular weight excluding hydrogens is 382 g/mol. The minimum Gasteiger partial charge on any atom is -0.486 e. The van der Waals surface area contributed by atoms with Gasteiger partial charge in [-0.3, -0.25) is 25.2 Å². The summed E-state index contributed by atoms with van der Waals surface area (Å²) in [6, 6.07) is 7.41. The molecule has 0 bridgehead atoms. The number of rotatable bonds is 5. The van der Waals surface area contributed by atoms with Crippen LogP contribution in [0.15, 0.2) is 35.7 Å². The third-order valence-corrected chi connectivity index (χ3v) is 4.95. The molecule has 0 saturated heterocycles. The molecule has 0 spiro atoms. The third-order valence-electron chi connectivity index (χ3n) is 4.08. The van der Waals surface area contributed by atoms with Gasteiger partial charge in [0.15, 0.2) is 11.5 Å². The molecule has 2 heterocycles. The standard InChI is InChI=1S/C19H21N3O5S/c1-11(2)16(20-18(24)15-4-3-9-28-15)19(25)22-21-17(23)12-5-6-13-14(10-12)27-8-7-26-13/h3-6,9-11,16H,7-8H2,1-2H3,(H,20,24)(H,21,23)(H,22,25). The van der Waals surface area contributed by atoms with Gasteiger partial charge >= 0.3 is 0 Å². The van der Waals surface area contributed by atoms with Crippen LogP contribution in [0.3, 0.4) is 0 Å². The van der Waals surface area contributed by atoms with E-state index in [0.29, 0.717) is 35.2 Å². The normalized spacial score (nSPS) is 13.5. The van der Waals surface area contributed by atoms with Gasteiger partial charge in [0, 0.05) is 5.56 Å². The zero-order valence-corrected chi connectivity index (χ0v) is 16.3. The molecule has 8 nitrogen and oxygen atoms in total. The van der Waals surface area contributed by atoms with Gasteiger partial charge in [0.25, 0.3) is 17.7 Å². The summed E-state index contributed by atoms with van der Waals surface area (Å²) in [7, 11) is 0. The Labute approximate surface area is 166 Å². The lowest BCUT2D eigenvalue weighted by molar-refractivity contribution is -0.124. The summed E-state index contributed by atoms with van der Waals surface area (Å²) in [5.41, 5.74) is 5.05. The molecule has 1 aliphatic heterocycles. The molecule has 148 valence electrons. The Morgan fingerprint density at radius 3 is 2.43 bits per heavy atom. The predicted molar refractivity (Wildman–Crippen MR) is 103 cm³/mol. The van der Waals surface area contributed by atoms with Crippen LogP contribution in [0.25, 0.3) is 0 Å². The van der Waals surface area contributed by atoms with Gasteiger partial charge in [0.2, 0.25) is 0 Å². The van der Waals surface area contributed by atoms with E-state index in [1.54, 1.807) is 35.7 Å². The molecule has 1 atom stereocenters. The van der Waals surface area contributed by atoms with Crippen molar-refractivity contribution in [3.8, 4) is 11.5 Å². The summed E-state index contributed by atoms with van der Waals surface area (Å²) >= 11 is 1.29. The molecule has 0 aliphatic carbocycles. The highest BCUT2D eigenvalue weighted by molar-refractivity contribution is 7.12. The number of fused-ring (bicyclic) bond motifs is 1. The number of hydrazine groups is 1. The van der Waals surface area contributed by atoms with E-state index in [-0.39, 0.29) is 11.8 Å². The molecule has 1 aromatic carbocycles. The lowest BCUT2D eigenvalue weighted by atomic mass is 10.0. The number of nitrogens with one attached hydrogen (secondary N) is 3. The summed E-state index contributed by atoms with van der Waals surface area (Å²) in [5, 5.41) is 4.48. The average molecular weight is 403 g/mol. The molecule has 0 fully saturated rings. The molecule has 0 saturated carbocycles. The zero-order valence-electron chi connectivity index (χ0n) is 15.5. The highest BCUT2D eigenvalue weighted by atomic mass is 32.1. The minimum atomic E-state index is -0.796. The van der Waals surface area contributed by atoms with E-state index in [4.69, 9.17) is 9.47 Å². The zero-order chi connectivity index (χ0) is 20.1. The van der Waals surface area contributed by atoms with Gasteiger partial charge in [0.1, 0.15) is 19.3 Å². The van der Waals surface area contributed by atoms with Gasteiger partial charge in [0.05, 0.1) is 4.88 Å². The molecule has 9 heteroatoms. The van der Waals surface area contributed by atoms with Gasteiger partial charge in [-0.1, -0.05) is 19.9 Å². The lowest BCUT2D eigenvalue weighted by Gasteiger charge is -2.22. The van der Waals surface area contributed by atoms with Crippen LogP contribution in [-0.2, 0) is 4.79 Å². The molecule has 3 rings (SSSR count). The number of hydrogen-bond acceptors (Lipinski definition) is 6. The van der Waals surface area contributed by atoms with Crippen LogP contribution >= 0.6 is 11.3 Å². The molecule has 2 aromatic rings. The second kappa shape index (κ2) is 8.75. The molecular formula is C19H21N3O5S. The van der Waals surface area contributed by atoms with Crippen LogP contribution in [0.5, 0.6) is 11.5 Å². The summed E-state index contributed by atoms with van der Waals surface area (Å²) < 4.78 is 10.9. The molecule has 3 amide bonds. The number of carbonyl (C=O) groups excluding carboxylic acids is 3. The topological polar surface area (TPSA) is 106 Å². The number of carbonyl (C=O) groups is 3. The van der Waals surface area contributed by atoms with E-state index >= 15 is 0 Å². The first-order valence-corrected chi connectivity index (χ1v) is 9.68. The van der Waals surface area contributed by atoms with Crippen molar-refractivity contribution in [1.29, 1.82) is 0 Å². The van der Waals surface area contributed by atoms with E-state index in [2.05, 4.69) is 16.2 Å². The molecule has 0 radical (unpaired) electrons. The van der Waals surface area contributed by atoms with Gasteiger partial charge < -0.3 is 14.8 Å². The fourth-order valence-electron chi connectivity index (χ4n) is 2.61. The Balaban J connectivity index is 1.59. The Hall–Kier alpha value is -3.07. The second-order valence-corrected chi connectivity index (χ2v) is 7.42. The summed E-state index contributed by atoms with van der Waals surface area (Å²) in [4.78, 5) is 37.5. The largest absolute Gasteiger partial charge is 0.486 e. The molecule has 1 aliphatic rings. The molecule has 3 N–H and O–H groups in total. The van der Waals surface area contributed by atoms with E-state index in [9.17, 15) is 14.4 Å². The van der Waals surface area contributed by atoms with Gasteiger partial charge in [-0.05, 0) is 35.6 Å². The van der Waals surface area contributed by atoms with Crippen molar-refractivity contribution >= 4 is 29.1 Å². The maximum Gasteiger partial charge on any atom is 0.269 e. The summed E-state index contributed by atoms with van der Waals surface area (Å²) in [5.74, 6) is -0.461. The monoisotopic (exact) mass is 403 g/mol. The first kappa shape index (κ1) is 19.7. The lowest BCUT2D eigenvalue weighted by Crippen LogP contribution is -2.54. The predicted octanol–water partition coefficient (Wildman–Crippen LogP) is 1.73. The third kappa shape index (κ3) is 4.61. The average Bonchev–Trinajstić information content (AvgIpc) is 3.24. The van der Waals surface area contributed by atoms with Crippen LogP contribution in [0.4, 0.5) is 0 Å². The van der Waals surface area contributed by atoms with E-state index in [0.717, 1.165) is 0 Å². The smallest absolute Gasteiger partial charge is 0.269 e. The fourth-order valence-corrected chi connectivity index (χ4v) is 3.23. The summed E-state index contributed by atoms with van der Waals surface area (Å²) in [6.07, 6.45) is 0. The van der Waals surface area contributed by atoms with Crippen molar-refractivity contribution in [2.24, 2.45) is 5.92 Å². The Morgan fingerprint density at radius 1 is 1.00 bits per heavy atom. The van der Waals surface area contributed by atoms with Crippen LogP contribution in [0.2, 0.25) is 0 Å². The maximum atomic E-state index is 12.5. The molecule has 1 aromatic heterocycles. The summed E-state index contributed by atoms with van der Waals surface area (Å²) in [6.45, 7) is 4.49. The molecule has 28 heavy (non-hydrogen) atoms. The van der Waals surface area contributed by atoms with E-state index in [1.165, 1.54) is 11.3 Å². The first-order valence-electron chi connectivity index (χ1n) is 8.80. The first-order chi connectivity index (χ1) is 13.5. The van der Waals surface area contributed by atoms with Crippen molar-refractivity contribution < 1.29 is 23.9 Å². The number of hydrogen-bond donors (Lipinski definition) is 3. The second-order valence-electron chi connectivity index (χ2n) is 6.47. The Kier molecular flexibility index (Phi) is 6.15. The Morgan fingerprint density at radius 2 is 1.75 bits per heavy atom. The highest BCUT2D eigenvalue weighted by Gasteiger charge is 2.25. The van der Waals surface area contributed by atoms with Crippen LogP contribution in [-0.4, -0.2) is 37.0 Å². The number of ether oxygens (including phenoxy) is 2. The van der Waals surface area contributed by atoms with Gasteiger partial charge in [-0.25, -0.2) is 0 Å². The number of benzene rings is 1. The maximum absolute atomic E-state index is 12.5. The van der Waals surface area contributed by atoms with Crippen LogP contribution in [0.1, 0.15) is 33.9 Å². The number of amides is 3. The SMILES string of the molecule is CC(C)C(NC(=O)c1cccs1)C(=O)NNC(=O)c1ccc2c(c1)OCCO2. The van der Waals surface area contributed by atoms with Crippen molar-refractivity contribution in [3.63, 3.8) is 0 Å². The van der Waals surface area contributed by atoms with Crippen molar-refractivity contribution in [1.82, 2.24) is 16.2 Å². The van der Waals surface area contributed by atoms with Gasteiger partial charge in [-0.2, -0.15) is 0 Å². The van der Waals surface area contributed by atoms with Crippen LogP contribution < -0.4 is 25.6 Å². The van der Waals surface area contributed by atoms with Crippen molar-refractivity contribution in [2.75, 3.05) is 13.2 Å². The quantitative estimate of drug-likeness (QED) is 0.660. The van der Waals surface area contributed by atoms with Gasteiger partial charge in [-0.15, -0.1) is 11.3 Å². The minimum absolute atomic E-state index is 0.171. The highest BCUT2D eigenvalue weighted by Crippen LogP contribution is 2.30. The van der Waals surface area contributed by atoms with Crippen molar-refractivity contribution in [3.05, 3.63) is 46.2 Å². The van der Waals surface area contributed by atoms with E-state index in [1.807, 2.05) is 13.8 Å². The molecule has 1 unspecified atom stereocenters. The fraction of sp³-hybridized carbons (Fsp3) is 0.316. The van der Waals surface area contributed by atoms with E-state index < -0.39 is 17.9 Å². The number of thiophene rings is 1. The van der Waals surface area contributed by atoms with Crippen molar-refractivity contribution in [2.45, 2.75) is 19.9 Å².